The summed E-state index contributed by atoms with van der Waals surface area (Å²) in [5.74, 6) is 0. The van der Waals surface area contributed by atoms with E-state index in [0.717, 1.165) is 44.0 Å². The van der Waals surface area contributed by atoms with Gasteiger partial charge in [0, 0.05) is 48.5 Å². The maximum atomic E-state index is 13.8. The molecule has 2 N–H and O–H groups in total. The van der Waals surface area contributed by atoms with Crippen molar-refractivity contribution in [3.05, 3.63) is 82.8 Å². The number of sulfonamides is 1. The molecule has 198 valence electrons. The zero-order valence-electron chi connectivity index (χ0n) is 20.6. The van der Waals surface area contributed by atoms with Crippen LogP contribution < -0.4 is 19.8 Å². The Bertz CT molecular complexity index is 1260. The molecule has 0 atom stereocenters. The summed E-state index contributed by atoms with van der Waals surface area (Å²) >= 11 is 12.1. The number of ether oxygens (including phenoxy) is 1. The minimum Gasteiger partial charge on any atom is -0.378 e. The summed E-state index contributed by atoms with van der Waals surface area (Å²) in [4.78, 5) is 4.77. The molecule has 3 aromatic carbocycles. The van der Waals surface area contributed by atoms with Gasteiger partial charge in [0.25, 0.3) is 10.0 Å². The summed E-state index contributed by atoms with van der Waals surface area (Å²) in [5, 5.41) is 1.19. The lowest BCUT2D eigenvalue weighted by molar-refractivity contribution is 0.149. The normalized spacial score (nSPS) is 14.5. The number of benzene rings is 3. The molecule has 1 heterocycles. The van der Waals surface area contributed by atoms with E-state index in [0.29, 0.717) is 28.9 Å². The van der Waals surface area contributed by atoms with E-state index in [-0.39, 0.29) is 18.0 Å². The van der Waals surface area contributed by atoms with Crippen molar-refractivity contribution in [2.75, 3.05) is 66.6 Å². The molecule has 1 saturated heterocycles. The number of hydrogen-bond acceptors (Lipinski definition) is 6. The quantitative estimate of drug-likeness (QED) is 0.355. The van der Waals surface area contributed by atoms with E-state index in [1.54, 1.807) is 12.1 Å². The highest BCUT2D eigenvalue weighted by Gasteiger charge is 2.28. The van der Waals surface area contributed by atoms with Gasteiger partial charge in [-0.3, -0.25) is 4.31 Å². The molecule has 37 heavy (non-hydrogen) atoms. The number of nitrogens with zero attached hydrogens (tertiary/aromatic N) is 3. The minimum absolute atomic E-state index is 0.159. The maximum absolute atomic E-state index is 13.8. The molecule has 0 bridgehead atoms. The Hall–Kier alpha value is -2.49. The van der Waals surface area contributed by atoms with Gasteiger partial charge in [-0.2, -0.15) is 0 Å². The Labute approximate surface area is 229 Å². The van der Waals surface area contributed by atoms with E-state index >= 15 is 0 Å². The zero-order valence-corrected chi connectivity index (χ0v) is 22.9. The monoisotopic (exact) mass is 562 g/mol. The SMILES string of the molecule is NCCOCCN(c1ccccc1N1CCCN(c2ccc(Cl)cc2)CC1)S(=O)(=O)c1ccc(Cl)cc1. The average Bonchev–Trinajstić information content (AvgIpc) is 3.16. The van der Waals surface area contributed by atoms with Crippen LogP contribution in [0.25, 0.3) is 0 Å². The predicted molar refractivity (Wildman–Crippen MR) is 153 cm³/mol. The summed E-state index contributed by atoms with van der Waals surface area (Å²) in [6.45, 7) is 4.38. The molecule has 0 unspecified atom stereocenters. The second-order valence-corrected chi connectivity index (χ2v) is 11.5. The number of hydrogen-bond donors (Lipinski definition) is 1. The first-order valence-corrected chi connectivity index (χ1v) is 14.5. The van der Waals surface area contributed by atoms with Crippen molar-refractivity contribution >= 4 is 50.3 Å². The van der Waals surface area contributed by atoms with Crippen molar-refractivity contribution in [2.24, 2.45) is 5.73 Å². The van der Waals surface area contributed by atoms with Crippen LogP contribution in [0, 0.1) is 0 Å². The first kappa shape index (κ1) is 27.5. The number of rotatable bonds is 10. The van der Waals surface area contributed by atoms with E-state index in [1.165, 1.54) is 16.4 Å². The van der Waals surface area contributed by atoms with Crippen LogP contribution in [0.3, 0.4) is 0 Å². The minimum atomic E-state index is -3.87. The van der Waals surface area contributed by atoms with Crippen LogP contribution in [0.4, 0.5) is 17.1 Å². The molecule has 3 aromatic rings. The van der Waals surface area contributed by atoms with Crippen molar-refractivity contribution < 1.29 is 13.2 Å². The van der Waals surface area contributed by atoms with E-state index in [4.69, 9.17) is 33.7 Å². The smallest absolute Gasteiger partial charge is 0.264 e. The molecular weight excluding hydrogens is 531 g/mol. The molecule has 1 fully saturated rings. The molecule has 0 saturated carbocycles. The van der Waals surface area contributed by atoms with Gasteiger partial charge in [-0.05, 0) is 67.1 Å². The molecule has 7 nitrogen and oxygen atoms in total. The summed E-state index contributed by atoms with van der Waals surface area (Å²) in [7, 11) is -3.87. The molecule has 4 rings (SSSR count). The zero-order chi connectivity index (χ0) is 26.3. The molecule has 0 spiro atoms. The van der Waals surface area contributed by atoms with Gasteiger partial charge < -0.3 is 20.3 Å². The van der Waals surface area contributed by atoms with Gasteiger partial charge in [-0.1, -0.05) is 35.3 Å². The Kier molecular flexibility index (Phi) is 9.56. The van der Waals surface area contributed by atoms with Crippen molar-refractivity contribution in [3.63, 3.8) is 0 Å². The van der Waals surface area contributed by atoms with Gasteiger partial charge in [0.05, 0.1) is 36.0 Å². The summed E-state index contributed by atoms with van der Waals surface area (Å²) in [6.07, 6.45) is 0.931. The third kappa shape index (κ3) is 6.89. The van der Waals surface area contributed by atoms with E-state index < -0.39 is 10.0 Å². The molecule has 1 aliphatic rings. The van der Waals surface area contributed by atoms with Crippen LogP contribution in [-0.4, -0.2) is 60.9 Å². The lowest BCUT2D eigenvalue weighted by Crippen LogP contribution is -2.37. The fraction of sp³-hybridized carbons (Fsp3) is 0.333. The number of anilines is 3. The fourth-order valence-electron chi connectivity index (χ4n) is 4.45. The fourth-order valence-corrected chi connectivity index (χ4v) is 6.16. The maximum Gasteiger partial charge on any atom is 0.264 e. The lowest BCUT2D eigenvalue weighted by Gasteiger charge is -2.31. The molecule has 0 aromatic heterocycles. The highest BCUT2D eigenvalue weighted by atomic mass is 35.5. The molecule has 0 amide bonds. The first-order chi connectivity index (χ1) is 17.9. The van der Waals surface area contributed by atoms with Gasteiger partial charge in [-0.25, -0.2) is 8.42 Å². The third-order valence-electron chi connectivity index (χ3n) is 6.28. The van der Waals surface area contributed by atoms with Crippen molar-refractivity contribution in [2.45, 2.75) is 11.3 Å². The van der Waals surface area contributed by atoms with E-state index in [9.17, 15) is 8.42 Å². The van der Waals surface area contributed by atoms with E-state index in [1.807, 2.05) is 48.5 Å². The van der Waals surface area contributed by atoms with Gasteiger partial charge in [0.2, 0.25) is 0 Å². The summed E-state index contributed by atoms with van der Waals surface area (Å²) in [5.41, 5.74) is 8.18. The molecule has 0 aliphatic carbocycles. The van der Waals surface area contributed by atoms with Crippen LogP contribution in [0.15, 0.2) is 77.7 Å². The lowest BCUT2D eigenvalue weighted by atomic mass is 10.2. The standard InChI is InChI=1S/C27H32Cl2N4O3S/c28-22-6-10-24(11-7-22)31-15-3-16-32(18-17-31)26-4-1-2-5-27(26)33(19-21-36-20-14-30)37(34,35)25-12-8-23(29)9-13-25/h1-2,4-13H,3,14-21,30H2. The van der Waals surface area contributed by atoms with Crippen molar-refractivity contribution in [1.82, 2.24) is 0 Å². The Balaban J connectivity index is 1.63. The largest absolute Gasteiger partial charge is 0.378 e. The molecule has 0 radical (unpaired) electrons. The van der Waals surface area contributed by atoms with Crippen molar-refractivity contribution in [3.8, 4) is 0 Å². The Morgan fingerprint density at radius 3 is 2.14 bits per heavy atom. The topological polar surface area (TPSA) is 79.1 Å². The highest BCUT2D eigenvalue weighted by Crippen LogP contribution is 2.34. The molecule has 10 heteroatoms. The molecular formula is C27H32Cl2N4O3S. The number of para-hydroxylation sites is 2. The average molecular weight is 564 g/mol. The van der Waals surface area contributed by atoms with Crippen LogP contribution in [-0.2, 0) is 14.8 Å². The molecule has 1 aliphatic heterocycles. The van der Waals surface area contributed by atoms with Gasteiger partial charge in [-0.15, -0.1) is 0 Å². The van der Waals surface area contributed by atoms with Gasteiger partial charge in [0.1, 0.15) is 0 Å². The Morgan fingerprint density at radius 2 is 1.43 bits per heavy atom. The third-order valence-corrected chi connectivity index (χ3v) is 8.61. The second-order valence-electron chi connectivity index (χ2n) is 8.72. The van der Waals surface area contributed by atoms with E-state index in [2.05, 4.69) is 9.80 Å². The predicted octanol–water partition coefficient (Wildman–Crippen LogP) is 4.88. The number of nitrogens with two attached hydrogens (primary N) is 1. The van der Waals surface area contributed by atoms with Crippen LogP contribution in [0.2, 0.25) is 10.0 Å². The van der Waals surface area contributed by atoms with Crippen molar-refractivity contribution in [1.29, 1.82) is 0 Å². The number of halogens is 2. The summed E-state index contributed by atoms with van der Waals surface area (Å²) < 4.78 is 34.7. The van der Waals surface area contributed by atoms with Gasteiger partial charge in [0.15, 0.2) is 0 Å². The second kappa shape index (κ2) is 12.8. The van der Waals surface area contributed by atoms with Crippen LogP contribution >= 0.6 is 23.2 Å². The van der Waals surface area contributed by atoms with Crippen LogP contribution in [0.1, 0.15) is 6.42 Å². The highest BCUT2D eigenvalue weighted by molar-refractivity contribution is 7.92. The van der Waals surface area contributed by atoms with Gasteiger partial charge >= 0.3 is 0 Å². The first-order valence-electron chi connectivity index (χ1n) is 12.3. The summed E-state index contributed by atoms with van der Waals surface area (Å²) in [6, 6.07) is 21.8. The van der Waals surface area contributed by atoms with Crippen LogP contribution in [0.5, 0.6) is 0 Å². The Morgan fingerprint density at radius 1 is 0.811 bits per heavy atom.